The number of aliphatic imine (C=N–C) groups is 1. The van der Waals surface area contributed by atoms with Crippen LogP contribution >= 0.6 is 27.6 Å². The number of fused-ring (bicyclic) bond motifs is 1. The van der Waals surface area contributed by atoms with Gasteiger partial charge in [0.05, 0.1) is 5.69 Å². The standard InChI is InChI=1S/C17H15N2.3ClH.Ta/c1-12-5-3-6-13(2)16(12)19-11-15-8-4-7-14-9-10-18-17(14)15;;;;/h3-11H,1-2H3;3*1H;/q-1;;;;+3/p-3. The SMILES string of the molecule is Cc1cccc(C)c1N=Cc1cccc2cc[n-]c12.[Cl][Ta]([Cl])[Cl]. The van der Waals surface area contributed by atoms with E-state index in [9.17, 15) is 0 Å². The molecule has 0 spiro atoms. The van der Waals surface area contributed by atoms with Crippen LogP contribution in [0.5, 0.6) is 0 Å². The van der Waals surface area contributed by atoms with Gasteiger partial charge in [-0.1, -0.05) is 42.5 Å². The van der Waals surface area contributed by atoms with Crippen LogP contribution in [0.15, 0.2) is 53.7 Å². The van der Waals surface area contributed by atoms with Gasteiger partial charge < -0.3 is 4.98 Å². The normalized spacial score (nSPS) is 11.0. The summed E-state index contributed by atoms with van der Waals surface area (Å²) in [6, 6.07) is 14.4. The van der Waals surface area contributed by atoms with Gasteiger partial charge >= 0.3 is 42.8 Å². The third kappa shape index (κ3) is 5.39. The zero-order valence-corrected chi connectivity index (χ0v) is 18.2. The molecule has 0 saturated carbocycles. The van der Waals surface area contributed by atoms with E-state index in [1.807, 2.05) is 30.6 Å². The van der Waals surface area contributed by atoms with Crippen molar-refractivity contribution in [2.75, 3.05) is 0 Å². The molecule has 0 aliphatic carbocycles. The molecule has 6 heteroatoms. The van der Waals surface area contributed by atoms with Crippen molar-refractivity contribution >= 4 is 50.4 Å². The summed E-state index contributed by atoms with van der Waals surface area (Å²) in [5, 5.41) is 1.16. The zero-order valence-electron chi connectivity index (χ0n) is 12.7. The molecule has 0 unspecified atom stereocenters. The Labute approximate surface area is 154 Å². The Bertz CT molecular complexity index is 789. The fourth-order valence-electron chi connectivity index (χ4n) is 2.30. The molecule has 1 aromatic heterocycles. The third-order valence-electron chi connectivity index (χ3n) is 3.33. The van der Waals surface area contributed by atoms with Gasteiger partial charge in [0.25, 0.3) is 0 Å². The first-order valence-corrected chi connectivity index (χ1v) is 18.8. The van der Waals surface area contributed by atoms with Gasteiger partial charge in [-0.3, -0.25) is 4.99 Å². The number of aryl methyl sites for hydroxylation is 2. The summed E-state index contributed by atoms with van der Waals surface area (Å²) < 4.78 is 0. The Balaban J connectivity index is 0.000000433. The van der Waals surface area contributed by atoms with Crippen molar-refractivity contribution in [2.45, 2.75) is 13.8 Å². The predicted octanol–water partition coefficient (Wildman–Crippen LogP) is 6.23. The summed E-state index contributed by atoms with van der Waals surface area (Å²) >= 11 is -2.18. The number of aromatic nitrogens is 1. The number of nitrogens with zero attached hydrogens (tertiary/aromatic N) is 2. The first-order valence-electron chi connectivity index (χ1n) is 6.87. The Morgan fingerprint density at radius 1 is 0.957 bits per heavy atom. The summed E-state index contributed by atoms with van der Waals surface area (Å²) in [5.41, 5.74) is 5.51. The van der Waals surface area contributed by atoms with Crippen molar-refractivity contribution in [3.8, 4) is 0 Å². The molecule has 0 atom stereocenters. The van der Waals surface area contributed by atoms with Crippen molar-refractivity contribution in [1.82, 2.24) is 4.98 Å². The molecule has 2 nitrogen and oxygen atoms in total. The van der Waals surface area contributed by atoms with E-state index in [0.29, 0.717) is 0 Å². The van der Waals surface area contributed by atoms with Crippen LogP contribution in [0.3, 0.4) is 0 Å². The molecular weight excluding hydrogens is 520 g/mol. The number of para-hydroxylation sites is 2. The van der Waals surface area contributed by atoms with Crippen LogP contribution in [0, 0.1) is 13.8 Å². The van der Waals surface area contributed by atoms with Crippen LogP contribution in [-0.2, 0) is 15.2 Å². The van der Waals surface area contributed by atoms with Crippen LogP contribution < -0.4 is 4.98 Å². The Morgan fingerprint density at radius 2 is 1.57 bits per heavy atom. The molecule has 0 radical (unpaired) electrons. The summed E-state index contributed by atoms with van der Waals surface area (Å²) in [4.78, 5) is 9.02. The number of hydrogen-bond acceptors (Lipinski definition) is 1. The van der Waals surface area contributed by atoms with Crippen molar-refractivity contribution in [3.05, 3.63) is 65.4 Å². The average Bonchev–Trinajstić information content (AvgIpc) is 2.95. The Kier molecular flexibility index (Phi) is 7.22. The molecule has 0 saturated heterocycles. The zero-order chi connectivity index (χ0) is 16.8. The van der Waals surface area contributed by atoms with Gasteiger partial charge in [0.15, 0.2) is 0 Å². The van der Waals surface area contributed by atoms with Gasteiger partial charge in [-0.05, 0) is 35.9 Å². The summed E-state index contributed by atoms with van der Waals surface area (Å²) in [6.07, 6.45) is 3.74. The molecule has 23 heavy (non-hydrogen) atoms. The predicted molar refractivity (Wildman–Crippen MR) is 98.0 cm³/mol. The molecule has 0 fully saturated rings. The van der Waals surface area contributed by atoms with Gasteiger partial charge in [-0.2, -0.15) is 6.20 Å². The maximum absolute atomic E-state index is 5.01. The van der Waals surface area contributed by atoms with E-state index in [2.05, 4.69) is 48.1 Å². The van der Waals surface area contributed by atoms with E-state index in [1.165, 1.54) is 11.1 Å². The molecule has 120 valence electrons. The molecule has 3 rings (SSSR count). The van der Waals surface area contributed by atoms with Crippen molar-refractivity contribution in [1.29, 1.82) is 0 Å². The maximum atomic E-state index is 5.01. The van der Waals surface area contributed by atoms with Crippen LogP contribution in [-0.4, -0.2) is 6.21 Å². The monoisotopic (exact) mass is 533 g/mol. The van der Waals surface area contributed by atoms with Gasteiger partial charge in [-0.25, -0.2) is 0 Å². The van der Waals surface area contributed by atoms with E-state index >= 15 is 0 Å². The summed E-state index contributed by atoms with van der Waals surface area (Å²) in [5.74, 6) is 0. The average molecular weight is 535 g/mol. The van der Waals surface area contributed by atoms with Gasteiger partial charge in [0.1, 0.15) is 0 Å². The molecule has 0 aliphatic heterocycles. The minimum atomic E-state index is -2.18. The Morgan fingerprint density at radius 3 is 2.22 bits per heavy atom. The molecule has 0 N–H and O–H groups in total. The molecule has 0 amide bonds. The molecule has 0 aliphatic rings. The van der Waals surface area contributed by atoms with Crippen LogP contribution in [0.25, 0.3) is 10.9 Å². The van der Waals surface area contributed by atoms with Crippen LogP contribution in [0.2, 0.25) is 0 Å². The number of halogens is 3. The van der Waals surface area contributed by atoms with Crippen molar-refractivity contribution < 1.29 is 15.2 Å². The minimum absolute atomic E-state index is 1.01. The molecule has 2 aromatic carbocycles. The van der Waals surface area contributed by atoms with Crippen molar-refractivity contribution in [2.24, 2.45) is 4.99 Å². The van der Waals surface area contributed by atoms with E-state index in [0.717, 1.165) is 22.2 Å². The van der Waals surface area contributed by atoms with Gasteiger partial charge in [-0.15, -0.1) is 5.52 Å². The number of rotatable bonds is 2. The summed E-state index contributed by atoms with van der Waals surface area (Å²) in [7, 11) is 15.0. The van der Waals surface area contributed by atoms with E-state index in [1.54, 1.807) is 0 Å². The fraction of sp³-hybridized carbons (Fsp3) is 0.118. The number of hydrogen-bond donors (Lipinski definition) is 0. The van der Waals surface area contributed by atoms with E-state index in [-0.39, 0.29) is 0 Å². The van der Waals surface area contributed by atoms with Crippen LogP contribution in [0.4, 0.5) is 5.69 Å². The third-order valence-corrected chi connectivity index (χ3v) is 3.33. The van der Waals surface area contributed by atoms with E-state index < -0.39 is 15.2 Å². The topological polar surface area (TPSA) is 26.5 Å². The molecule has 1 heterocycles. The molecule has 3 aromatic rings. The first kappa shape index (κ1) is 18.6. The molecular formula is C17H15Cl3N2Ta-. The second-order valence-electron chi connectivity index (χ2n) is 4.92. The van der Waals surface area contributed by atoms with Crippen molar-refractivity contribution in [3.63, 3.8) is 0 Å². The van der Waals surface area contributed by atoms with Crippen LogP contribution in [0.1, 0.15) is 16.7 Å². The molecule has 0 bridgehead atoms. The van der Waals surface area contributed by atoms with Gasteiger partial charge in [0.2, 0.25) is 0 Å². The second-order valence-corrected chi connectivity index (χ2v) is 18.8. The fourth-order valence-corrected chi connectivity index (χ4v) is 2.30. The van der Waals surface area contributed by atoms with E-state index in [4.69, 9.17) is 27.6 Å². The first-order chi connectivity index (χ1) is 11.0. The second kappa shape index (κ2) is 8.93. The quantitative estimate of drug-likeness (QED) is 0.358. The Hall–Kier alpha value is -0.740. The number of benzene rings is 2. The van der Waals surface area contributed by atoms with Gasteiger partial charge in [0, 0.05) is 6.21 Å². The summed E-state index contributed by atoms with van der Waals surface area (Å²) in [6.45, 7) is 4.17.